The first-order chi connectivity index (χ1) is 11.9. The molecule has 1 N–H and O–H groups in total. The zero-order chi connectivity index (χ0) is 18.0. The SMILES string of the molecule is Cc1ccc(-n2ccnc2SCC(=O)N[C@@](C)(C#N)C2CC2)cc1C. The summed E-state index contributed by atoms with van der Waals surface area (Å²) in [7, 11) is 0. The number of nitrogens with zero attached hydrogens (tertiary/aromatic N) is 3. The van der Waals surface area contributed by atoms with Crippen LogP contribution < -0.4 is 5.32 Å². The summed E-state index contributed by atoms with van der Waals surface area (Å²) in [5.41, 5.74) is 2.74. The molecule has 0 aliphatic heterocycles. The van der Waals surface area contributed by atoms with Crippen LogP contribution in [-0.4, -0.2) is 26.8 Å². The molecule has 0 radical (unpaired) electrons. The highest BCUT2D eigenvalue weighted by atomic mass is 32.2. The summed E-state index contributed by atoms with van der Waals surface area (Å²) in [6.45, 7) is 5.97. The Balaban J connectivity index is 1.66. The van der Waals surface area contributed by atoms with Crippen LogP contribution in [0.15, 0.2) is 35.7 Å². The van der Waals surface area contributed by atoms with Gasteiger partial charge in [0.25, 0.3) is 0 Å². The maximum atomic E-state index is 12.3. The fourth-order valence-corrected chi connectivity index (χ4v) is 3.58. The number of thioether (sulfide) groups is 1. The molecule has 3 rings (SSSR count). The van der Waals surface area contributed by atoms with E-state index in [0.29, 0.717) is 0 Å². The Morgan fingerprint density at radius 1 is 1.44 bits per heavy atom. The second-order valence-corrected chi connectivity index (χ2v) is 7.72. The standard InChI is InChI=1S/C19H22N4OS/c1-13-4-7-16(10-14(13)2)23-9-8-21-18(23)25-11-17(24)22-19(3,12-20)15-5-6-15/h4,7-10,15H,5-6,11H2,1-3H3,(H,22,24)/t19-/m0/s1. The molecule has 0 spiro atoms. The monoisotopic (exact) mass is 354 g/mol. The molecule has 1 aromatic heterocycles. The molecule has 1 saturated carbocycles. The molecule has 0 saturated heterocycles. The van der Waals surface area contributed by atoms with Crippen molar-refractivity contribution >= 4 is 17.7 Å². The Bertz CT molecular complexity index is 834. The van der Waals surface area contributed by atoms with E-state index in [0.717, 1.165) is 23.7 Å². The highest BCUT2D eigenvalue weighted by Crippen LogP contribution is 2.39. The van der Waals surface area contributed by atoms with Gasteiger partial charge < -0.3 is 5.32 Å². The van der Waals surface area contributed by atoms with Crippen LogP contribution in [-0.2, 0) is 4.79 Å². The van der Waals surface area contributed by atoms with E-state index in [4.69, 9.17) is 0 Å². The molecule has 1 heterocycles. The van der Waals surface area contributed by atoms with Gasteiger partial charge in [0.05, 0.1) is 11.8 Å². The first-order valence-corrected chi connectivity index (χ1v) is 9.37. The van der Waals surface area contributed by atoms with Crippen LogP contribution in [0, 0.1) is 31.1 Å². The van der Waals surface area contributed by atoms with Crippen molar-refractivity contribution in [3.8, 4) is 11.8 Å². The van der Waals surface area contributed by atoms with Crippen molar-refractivity contribution in [3.05, 3.63) is 41.7 Å². The number of nitriles is 1. The van der Waals surface area contributed by atoms with E-state index in [1.54, 1.807) is 6.20 Å². The molecular weight excluding hydrogens is 332 g/mol. The molecule has 0 unspecified atom stereocenters. The van der Waals surface area contributed by atoms with Crippen molar-refractivity contribution in [1.29, 1.82) is 5.26 Å². The van der Waals surface area contributed by atoms with Gasteiger partial charge in [0.1, 0.15) is 5.54 Å². The van der Waals surface area contributed by atoms with Gasteiger partial charge in [-0.15, -0.1) is 0 Å². The van der Waals surface area contributed by atoms with E-state index in [1.807, 2.05) is 23.8 Å². The summed E-state index contributed by atoms with van der Waals surface area (Å²) < 4.78 is 1.98. The second kappa shape index (κ2) is 6.93. The molecule has 0 bridgehead atoms. The lowest BCUT2D eigenvalue weighted by molar-refractivity contribution is -0.119. The molecule has 6 heteroatoms. The first kappa shape index (κ1) is 17.6. The quantitative estimate of drug-likeness (QED) is 0.807. The molecule has 1 aliphatic rings. The number of carbonyl (C=O) groups is 1. The largest absolute Gasteiger partial charge is 0.337 e. The van der Waals surface area contributed by atoms with Gasteiger partial charge in [-0.25, -0.2) is 4.98 Å². The summed E-state index contributed by atoms with van der Waals surface area (Å²) in [5.74, 6) is 0.394. The van der Waals surface area contributed by atoms with Crippen LogP contribution in [0.1, 0.15) is 30.9 Å². The number of nitrogens with one attached hydrogen (secondary N) is 1. The average Bonchev–Trinajstić information content (AvgIpc) is 3.35. The highest BCUT2D eigenvalue weighted by molar-refractivity contribution is 7.99. The minimum atomic E-state index is -0.749. The predicted octanol–water partition coefficient (Wildman–Crippen LogP) is 3.39. The Labute approximate surface area is 152 Å². The third-order valence-corrected chi connectivity index (χ3v) is 5.70. The van der Waals surface area contributed by atoms with E-state index < -0.39 is 5.54 Å². The Kier molecular flexibility index (Phi) is 4.87. The number of imidazole rings is 1. The van der Waals surface area contributed by atoms with Gasteiger partial charge in [0.15, 0.2) is 5.16 Å². The summed E-state index contributed by atoms with van der Waals surface area (Å²) in [6, 6.07) is 8.50. The van der Waals surface area contributed by atoms with Crippen molar-refractivity contribution in [3.63, 3.8) is 0 Å². The Morgan fingerprint density at radius 3 is 2.84 bits per heavy atom. The predicted molar refractivity (Wildman–Crippen MR) is 98.6 cm³/mol. The third kappa shape index (κ3) is 3.88. The molecular formula is C19H22N4OS. The normalized spacial score (nSPS) is 16.1. The maximum absolute atomic E-state index is 12.3. The van der Waals surface area contributed by atoms with E-state index in [-0.39, 0.29) is 17.6 Å². The number of amides is 1. The lowest BCUT2D eigenvalue weighted by Crippen LogP contribution is -2.47. The molecule has 130 valence electrons. The number of hydrogen-bond donors (Lipinski definition) is 1. The molecule has 1 aliphatic carbocycles. The fraction of sp³-hybridized carbons (Fsp3) is 0.421. The molecule has 25 heavy (non-hydrogen) atoms. The Morgan fingerprint density at radius 2 is 2.20 bits per heavy atom. The van der Waals surface area contributed by atoms with Gasteiger partial charge in [-0.3, -0.25) is 9.36 Å². The molecule has 1 fully saturated rings. The average molecular weight is 354 g/mol. The lowest BCUT2D eigenvalue weighted by atomic mass is 9.98. The van der Waals surface area contributed by atoms with Crippen LogP contribution >= 0.6 is 11.8 Å². The number of carbonyl (C=O) groups excluding carboxylic acids is 1. The number of benzene rings is 1. The van der Waals surface area contributed by atoms with E-state index in [2.05, 4.69) is 42.4 Å². The van der Waals surface area contributed by atoms with Crippen molar-refractivity contribution < 1.29 is 4.79 Å². The van der Waals surface area contributed by atoms with E-state index >= 15 is 0 Å². The zero-order valence-corrected chi connectivity index (χ0v) is 15.6. The van der Waals surface area contributed by atoms with Crippen LogP contribution in [0.4, 0.5) is 0 Å². The lowest BCUT2D eigenvalue weighted by Gasteiger charge is -2.22. The van der Waals surface area contributed by atoms with E-state index in [1.165, 1.54) is 22.9 Å². The van der Waals surface area contributed by atoms with Crippen molar-refractivity contribution in [1.82, 2.24) is 14.9 Å². The smallest absolute Gasteiger partial charge is 0.231 e. The van der Waals surface area contributed by atoms with Gasteiger partial charge >= 0.3 is 0 Å². The van der Waals surface area contributed by atoms with Gasteiger partial charge in [-0.2, -0.15) is 5.26 Å². The zero-order valence-electron chi connectivity index (χ0n) is 14.7. The minimum absolute atomic E-state index is 0.129. The topological polar surface area (TPSA) is 70.7 Å². The number of rotatable bonds is 6. The first-order valence-electron chi connectivity index (χ1n) is 8.39. The molecule has 5 nitrogen and oxygen atoms in total. The molecule has 1 atom stereocenters. The van der Waals surface area contributed by atoms with Crippen molar-refractivity contribution in [2.45, 2.75) is 44.3 Å². The Hall–Kier alpha value is -2.26. The van der Waals surface area contributed by atoms with Crippen LogP contribution in [0.2, 0.25) is 0 Å². The van der Waals surface area contributed by atoms with Crippen molar-refractivity contribution in [2.75, 3.05) is 5.75 Å². The summed E-state index contributed by atoms with van der Waals surface area (Å²) in [5, 5.41) is 13.0. The highest BCUT2D eigenvalue weighted by Gasteiger charge is 2.42. The van der Waals surface area contributed by atoms with Gasteiger partial charge in [-0.1, -0.05) is 17.8 Å². The summed E-state index contributed by atoms with van der Waals surface area (Å²) in [4.78, 5) is 16.6. The van der Waals surface area contributed by atoms with Crippen LogP contribution in [0.5, 0.6) is 0 Å². The van der Waals surface area contributed by atoms with Gasteiger partial charge in [0.2, 0.25) is 5.91 Å². The van der Waals surface area contributed by atoms with Gasteiger partial charge in [0, 0.05) is 18.1 Å². The summed E-state index contributed by atoms with van der Waals surface area (Å²) in [6.07, 6.45) is 5.65. The number of aromatic nitrogens is 2. The molecule has 2 aromatic rings. The van der Waals surface area contributed by atoms with Crippen LogP contribution in [0.3, 0.4) is 0 Å². The molecule has 1 aromatic carbocycles. The molecule has 1 amide bonds. The van der Waals surface area contributed by atoms with E-state index in [9.17, 15) is 10.1 Å². The van der Waals surface area contributed by atoms with Gasteiger partial charge in [-0.05, 0) is 62.8 Å². The summed E-state index contributed by atoms with van der Waals surface area (Å²) >= 11 is 1.38. The number of hydrogen-bond acceptors (Lipinski definition) is 4. The fourth-order valence-electron chi connectivity index (χ4n) is 2.81. The minimum Gasteiger partial charge on any atom is -0.337 e. The van der Waals surface area contributed by atoms with Crippen LogP contribution in [0.25, 0.3) is 5.69 Å². The second-order valence-electron chi connectivity index (χ2n) is 6.77. The number of aryl methyl sites for hydroxylation is 2. The maximum Gasteiger partial charge on any atom is 0.231 e. The van der Waals surface area contributed by atoms with Crippen molar-refractivity contribution in [2.24, 2.45) is 5.92 Å². The third-order valence-electron chi connectivity index (χ3n) is 4.73.